The quantitative estimate of drug-likeness (QED) is 0.458. The molecule has 1 unspecified atom stereocenters. The van der Waals surface area contributed by atoms with Crippen molar-refractivity contribution in [2.75, 3.05) is 31.1 Å². The number of aliphatic imine (C=N–C) groups is 1. The van der Waals surface area contributed by atoms with Crippen molar-refractivity contribution >= 4 is 27.6 Å². The van der Waals surface area contributed by atoms with Crippen molar-refractivity contribution in [3.8, 4) is 0 Å². The number of hydrogen-bond donors (Lipinski definition) is 2. The van der Waals surface area contributed by atoms with Crippen LogP contribution < -0.4 is 15.5 Å². The van der Waals surface area contributed by atoms with E-state index >= 15 is 0 Å². The molecule has 1 aromatic carbocycles. The van der Waals surface area contributed by atoms with Crippen LogP contribution in [0.1, 0.15) is 26.2 Å². The average molecular weight is 391 g/mol. The minimum Gasteiger partial charge on any atom is -0.371 e. The standard InChI is InChI=1S/C19H27BrN4/c1-2-21-19(23-17-5-3-4-6-17)22-13-15-11-12-24(14-15)18-9-7-16(20)8-10-18/h3-4,7-10,15,17H,2,5-6,11-14H2,1H3,(H2,21,22,23). The van der Waals surface area contributed by atoms with Crippen LogP contribution in [0.5, 0.6) is 0 Å². The van der Waals surface area contributed by atoms with E-state index in [4.69, 9.17) is 4.99 Å². The van der Waals surface area contributed by atoms with Crippen molar-refractivity contribution in [2.24, 2.45) is 10.9 Å². The van der Waals surface area contributed by atoms with E-state index in [1.807, 2.05) is 0 Å². The zero-order chi connectivity index (χ0) is 16.8. The van der Waals surface area contributed by atoms with E-state index in [2.05, 4.69) is 74.8 Å². The van der Waals surface area contributed by atoms with Gasteiger partial charge in [-0.1, -0.05) is 28.1 Å². The molecule has 1 aromatic rings. The first-order valence-corrected chi connectivity index (χ1v) is 9.74. The molecule has 1 saturated heterocycles. The van der Waals surface area contributed by atoms with Crippen LogP contribution in [0.15, 0.2) is 45.9 Å². The summed E-state index contributed by atoms with van der Waals surface area (Å²) in [6.07, 6.45) is 7.91. The zero-order valence-electron chi connectivity index (χ0n) is 14.3. The Morgan fingerprint density at radius 3 is 2.71 bits per heavy atom. The second-order valence-electron chi connectivity index (χ2n) is 6.58. The number of guanidine groups is 1. The van der Waals surface area contributed by atoms with Gasteiger partial charge in [-0.2, -0.15) is 0 Å². The Kier molecular flexibility index (Phi) is 6.18. The molecular weight excluding hydrogens is 364 g/mol. The average Bonchev–Trinajstić information content (AvgIpc) is 3.25. The van der Waals surface area contributed by atoms with E-state index in [0.717, 1.165) is 49.5 Å². The van der Waals surface area contributed by atoms with Gasteiger partial charge in [0.1, 0.15) is 0 Å². The number of benzene rings is 1. The molecule has 0 radical (unpaired) electrons. The largest absolute Gasteiger partial charge is 0.371 e. The molecule has 5 heteroatoms. The van der Waals surface area contributed by atoms with Gasteiger partial charge in [0.25, 0.3) is 0 Å². The van der Waals surface area contributed by atoms with Crippen molar-refractivity contribution in [3.05, 3.63) is 40.9 Å². The molecule has 2 aliphatic rings. The Morgan fingerprint density at radius 1 is 1.25 bits per heavy atom. The van der Waals surface area contributed by atoms with E-state index in [1.165, 1.54) is 12.1 Å². The van der Waals surface area contributed by atoms with Gasteiger partial charge in [0.2, 0.25) is 0 Å². The van der Waals surface area contributed by atoms with Gasteiger partial charge in [-0.05, 0) is 56.4 Å². The molecule has 0 spiro atoms. The maximum absolute atomic E-state index is 4.83. The molecular formula is C19H27BrN4. The molecule has 2 N–H and O–H groups in total. The molecule has 24 heavy (non-hydrogen) atoms. The molecule has 130 valence electrons. The SMILES string of the molecule is CCNC(=NCC1CCN(c2ccc(Br)cc2)C1)NC1CC=CC1. The molecule has 1 fully saturated rings. The van der Waals surface area contributed by atoms with E-state index in [0.29, 0.717) is 12.0 Å². The lowest BCUT2D eigenvalue weighted by atomic mass is 10.1. The minimum atomic E-state index is 0.505. The highest BCUT2D eigenvalue weighted by molar-refractivity contribution is 9.10. The monoisotopic (exact) mass is 390 g/mol. The predicted molar refractivity (Wildman–Crippen MR) is 106 cm³/mol. The smallest absolute Gasteiger partial charge is 0.191 e. The number of nitrogens with one attached hydrogen (secondary N) is 2. The maximum Gasteiger partial charge on any atom is 0.191 e. The van der Waals surface area contributed by atoms with E-state index in [1.54, 1.807) is 0 Å². The van der Waals surface area contributed by atoms with E-state index in [9.17, 15) is 0 Å². The van der Waals surface area contributed by atoms with Gasteiger partial charge in [-0.15, -0.1) is 0 Å². The summed E-state index contributed by atoms with van der Waals surface area (Å²) in [7, 11) is 0. The van der Waals surface area contributed by atoms with E-state index < -0.39 is 0 Å². The zero-order valence-corrected chi connectivity index (χ0v) is 15.9. The molecule has 3 rings (SSSR count). The summed E-state index contributed by atoms with van der Waals surface area (Å²) in [5.74, 6) is 1.60. The molecule has 0 amide bonds. The van der Waals surface area contributed by atoms with Crippen LogP contribution in [0.4, 0.5) is 5.69 Å². The Morgan fingerprint density at radius 2 is 2.00 bits per heavy atom. The fourth-order valence-corrected chi connectivity index (χ4v) is 3.60. The predicted octanol–water partition coefficient (Wildman–Crippen LogP) is 3.55. The highest BCUT2D eigenvalue weighted by Crippen LogP contribution is 2.25. The summed E-state index contributed by atoms with van der Waals surface area (Å²) in [4.78, 5) is 7.30. The molecule has 1 aliphatic carbocycles. The van der Waals surface area contributed by atoms with Crippen molar-refractivity contribution in [3.63, 3.8) is 0 Å². The topological polar surface area (TPSA) is 39.7 Å². The summed E-state index contributed by atoms with van der Waals surface area (Å²) in [6, 6.07) is 9.11. The molecule has 0 bridgehead atoms. The van der Waals surface area contributed by atoms with Crippen LogP contribution in [-0.4, -0.2) is 38.2 Å². The first kappa shape index (κ1) is 17.3. The molecule has 1 aliphatic heterocycles. The fourth-order valence-electron chi connectivity index (χ4n) is 3.34. The van der Waals surface area contributed by atoms with Gasteiger partial charge in [0, 0.05) is 42.4 Å². The molecule has 1 heterocycles. The van der Waals surface area contributed by atoms with Gasteiger partial charge >= 0.3 is 0 Å². The number of halogens is 1. The summed E-state index contributed by atoms with van der Waals surface area (Å²) < 4.78 is 1.13. The Balaban J connectivity index is 1.52. The Hall–Kier alpha value is -1.49. The molecule has 0 aromatic heterocycles. The first-order valence-electron chi connectivity index (χ1n) is 8.95. The summed E-state index contributed by atoms with van der Waals surface area (Å²) in [5, 5.41) is 6.92. The second-order valence-corrected chi connectivity index (χ2v) is 7.50. The Bertz CT molecular complexity index is 574. The van der Waals surface area contributed by atoms with Crippen molar-refractivity contribution in [1.82, 2.24) is 10.6 Å². The highest BCUT2D eigenvalue weighted by atomic mass is 79.9. The lowest BCUT2D eigenvalue weighted by Gasteiger charge is -2.19. The van der Waals surface area contributed by atoms with Crippen LogP contribution in [0.25, 0.3) is 0 Å². The van der Waals surface area contributed by atoms with Crippen LogP contribution in [-0.2, 0) is 0 Å². The summed E-state index contributed by atoms with van der Waals surface area (Å²) in [6.45, 7) is 6.13. The second kappa shape index (κ2) is 8.56. The van der Waals surface area contributed by atoms with E-state index in [-0.39, 0.29) is 0 Å². The fraction of sp³-hybridized carbons (Fsp3) is 0.526. The van der Waals surface area contributed by atoms with Gasteiger partial charge in [-0.3, -0.25) is 4.99 Å². The number of nitrogens with zero attached hydrogens (tertiary/aromatic N) is 2. The Labute approximate surface area is 153 Å². The summed E-state index contributed by atoms with van der Waals surface area (Å²) in [5.41, 5.74) is 1.31. The van der Waals surface area contributed by atoms with Crippen molar-refractivity contribution in [1.29, 1.82) is 0 Å². The summed E-state index contributed by atoms with van der Waals surface area (Å²) >= 11 is 3.50. The third-order valence-electron chi connectivity index (χ3n) is 4.68. The van der Waals surface area contributed by atoms with Gasteiger partial charge in [0.15, 0.2) is 5.96 Å². The maximum atomic E-state index is 4.83. The molecule has 4 nitrogen and oxygen atoms in total. The normalized spacial score (nSPS) is 21.5. The third-order valence-corrected chi connectivity index (χ3v) is 5.21. The van der Waals surface area contributed by atoms with Gasteiger partial charge < -0.3 is 15.5 Å². The third kappa shape index (κ3) is 4.76. The first-order chi connectivity index (χ1) is 11.7. The lowest BCUT2D eigenvalue weighted by molar-refractivity contribution is 0.589. The molecule has 1 atom stereocenters. The van der Waals surface area contributed by atoms with Crippen LogP contribution >= 0.6 is 15.9 Å². The van der Waals surface area contributed by atoms with Gasteiger partial charge in [0.05, 0.1) is 0 Å². The highest BCUT2D eigenvalue weighted by Gasteiger charge is 2.22. The molecule has 0 saturated carbocycles. The van der Waals surface area contributed by atoms with Crippen molar-refractivity contribution < 1.29 is 0 Å². The van der Waals surface area contributed by atoms with Crippen molar-refractivity contribution in [2.45, 2.75) is 32.2 Å². The van der Waals surface area contributed by atoms with Gasteiger partial charge in [-0.25, -0.2) is 0 Å². The van der Waals surface area contributed by atoms with Crippen LogP contribution in [0.2, 0.25) is 0 Å². The lowest BCUT2D eigenvalue weighted by Crippen LogP contribution is -2.42. The van der Waals surface area contributed by atoms with Crippen LogP contribution in [0.3, 0.4) is 0 Å². The number of hydrogen-bond acceptors (Lipinski definition) is 2. The number of anilines is 1. The number of rotatable bonds is 5. The van der Waals surface area contributed by atoms with Crippen LogP contribution in [0, 0.1) is 5.92 Å². The minimum absolute atomic E-state index is 0.505.